The van der Waals surface area contributed by atoms with E-state index in [1.54, 1.807) is 20.3 Å². The molecule has 0 aliphatic heterocycles. The maximum absolute atomic E-state index is 12.4. The predicted octanol–water partition coefficient (Wildman–Crippen LogP) is 3.08. The van der Waals surface area contributed by atoms with E-state index in [-0.39, 0.29) is 5.91 Å². The summed E-state index contributed by atoms with van der Waals surface area (Å²) < 4.78 is 10.7. The van der Waals surface area contributed by atoms with Gasteiger partial charge in [-0.3, -0.25) is 4.79 Å². The minimum absolute atomic E-state index is 0.248. The summed E-state index contributed by atoms with van der Waals surface area (Å²) in [4.78, 5) is 20.7. The minimum Gasteiger partial charge on any atom is -0.496 e. The van der Waals surface area contributed by atoms with Crippen LogP contribution in [0.1, 0.15) is 21.6 Å². The van der Waals surface area contributed by atoms with Gasteiger partial charge in [0.2, 0.25) is 0 Å². The zero-order chi connectivity index (χ0) is 20.5. The molecule has 29 heavy (non-hydrogen) atoms. The van der Waals surface area contributed by atoms with E-state index in [0.29, 0.717) is 31.0 Å². The molecule has 0 spiro atoms. The number of hydrogen-bond donors (Lipinski definition) is 2. The smallest absolute Gasteiger partial charge is 0.270 e. The average molecular weight is 392 g/mol. The van der Waals surface area contributed by atoms with E-state index < -0.39 is 0 Å². The molecule has 1 aromatic heterocycles. The molecular formula is C22H24N4O3. The van der Waals surface area contributed by atoms with Gasteiger partial charge < -0.3 is 20.1 Å². The summed E-state index contributed by atoms with van der Waals surface area (Å²) in [6, 6.07) is 17.1. The molecule has 2 aromatic carbocycles. The van der Waals surface area contributed by atoms with Crippen molar-refractivity contribution in [2.75, 3.05) is 26.1 Å². The molecule has 3 rings (SSSR count). The van der Waals surface area contributed by atoms with Crippen LogP contribution >= 0.6 is 0 Å². The number of rotatable bonds is 9. The van der Waals surface area contributed by atoms with Crippen LogP contribution < -0.4 is 20.1 Å². The third-order valence-electron chi connectivity index (χ3n) is 4.42. The van der Waals surface area contributed by atoms with Crippen LogP contribution in [0.2, 0.25) is 0 Å². The number of carbonyl (C=O) groups is 1. The number of amides is 1. The number of ether oxygens (including phenoxy) is 2. The molecule has 1 heterocycles. The van der Waals surface area contributed by atoms with Crippen LogP contribution in [0.3, 0.4) is 0 Å². The lowest BCUT2D eigenvalue weighted by molar-refractivity contribution is 0.0949. The monoisotopic (exact) mass is 392 g/mol. The number of para-hydroxylation sites is 2. The second-order valence-corrected chi connectivity index (χ2v) is 6.27. The minimum atomic E-state index is -0.248. The molecule has 0 atom stereocenters. The Labute approximate surface area is 170 Å². The number of aromatic nitrogens is 2. The fourth-order valence-electron chi connectivity index (χ4n) is 2.92. The van der Waals surface area contributed by atoms with Crippen LogP contribution in [-0.4, -0.2) is 36.6 Å². The van der Waals surface area contributed by atoms with E-state index in [1.165, 1.54) is 6.33 Å². The van der Waals surface area contributed by atoms with Gasteiger partial charge >= 0.3 is 0 Å². The van der Waals surface area contributed by atoms with Crippen molar-refractivity contribution < 1.29 is 14.3 Å². The molecule has 2 N–H and O–H groups in total. The lowest BCUT2D eigenvalue weighted by Gasteiger charge is -2.11. The number of benzene rings is 2. The number of hydrogen-bond acceptors (Lipinski definition) is 6. The highest BCUT2D eigenvalue weighted by Gasteiger charge is 2.10. The lowest BCUT2D eigenvalue weighted by Crippen LogP contribution is -2.26. The van der Waals surface area contributed by atoms with Gasteiger partial charge in [-0.05, 0) is 24.1 Å². The number of anilines is 1. The Morgan fingerprint density at radius 2 is 1.59 bits per heavy atom. The molecule has 7 heteroatoms. The quantitative estimate of drug-likeness (QED) is 0.582. The summed E-state index contributed by atoms with van der Waals surface area (Å²) in [5, 5.41) is 6.09. The Hall–Kier alpha value is -3.61. The van der Waals surface area contributed by atoms with E-state index >= 15 is 0 Å². The van der Waals surface area contributed by atoms with Crippen LogP contribution in [-0.2, 0) is 13.0 Å². The summed E-state index contributed by atoms with van der Waals surface area (Å²) in [6.45, 7) is 1.00. The fourth-order valence-corrected chi connectivity index (χ4v) is 2.92. The Morgan fingerprint density at radius 1 is 0.931 bits per heavy atom. The van der Waals surface area contributed by atoms with E-state index in [2.05, 4.69) is 20.6 Å². The highest BCUT2D eigenvalue weighted by molar-refractivity contribution is 5.92. The molecule has 0 aliphatic carbocycles. The van der Waals surface area contributed by atoms with Crippen molar-refractivity contribution in [2.45, 2.75) is 13.0 Å². The van der Waals surface area contributed by atoms with Crippen LogP contribution in [0, 0.1) is 0 Å². The first-order chi connectivity index (χ1) is 14.2. The average Bonchev–Trinajstić information content (AvgIpc) is 2.78. The maximum atomic E-state index is 12.4. The molecule has 0 saturated carbocycles. The second kappa shape index (κ2) is 10.1. The molecule has 0 bridgehead atoms. The molecular weight excluding hydrogens is 368 g/mol. The Bertz CT molecular complexity index is 962. The molecule has 1 amide bonds. The highest BCUT2D eigenvalue weighted by Crippen LogP contribution is 2.19. The summed E-state index contributed by atoms with van der Waals surface area (Å²) in [5.74, 6) is 1.93. The van der Waals surface area contributed by atoms with Gasteiger partial charge in [-0.25, -0.2) is 9.97 Å². The summed E-state index contributed by atoms with van der Waals surface area (Å²) in [5.41, 5.74) is 2.34. The molecule has 3 aromatic rings. The fraction of sp³-hybridized carbons (Fsp3) is 0.227. The topological polar surface area (TPSA) is 85.4 Å². The van der Waals surface area contributed by atoms with Crippen molar-refractivity contribution in [1.82, 2.24) is 15.3 Å². The molecule has 0 fully saturated rings. The van der Waals surface area contributed by atoms with Gasteiger partial charge in [-0.15, -0.1) is 0 Å². The van der Waals surface area contributed by atoms with Crippen molar-refractivity contribution in [1.29, 1.82) is 0 Å². The molecule has 150 valence electrons. The lowest BCUT2D eigenvalue weighted by atomic mass is 10.1. The van der Waals surface area contributed by atoms with Crippen molar-refractivity contribution >= 4 is 11.7 Å². The third-order valence-corrected chi connectivity index (χ3v) is 4.42. The van der Waals surface area contributed by atoms with E-state index in [9.17, 15) is 4.79 Å². The molecule has 7 nitrogen and oxygen atoms in total. The van der Waals surface area contributed by atoms with Crippen molar-refractivity contribution in [3.05, 3.63) is 77.7 Å². The second-order valence-electron chi connectivity index (χ2n) is 6.27. The predicted molar refractivity (Wildman–Crippen MR) is 111 cm³/mol. The van der Waals surface area contributed by atoms with Gasteiger partial charge in [0, 0.05) is 24.7 Å². The van der Waals surface area contributed by atoms with E-state index in [1.807, 2.05) is 48.5 Å². The first kappa shape index (κ1) is 20.1. The highest BCUT2D eigenvalue weighted by atomic mass is 16.5. The normalized spacial score (nSPS) is 10.3. The van der Waals surface area contributed by atoms with Gasteiger partial charge in [-0.1, -0.05) is 36.4 Å². The standard InChI is InChI=1S/C22H24N4O3/c1-28-19-9-5-3-7-16(19)11-12-23-22(27)18-13-21(26-15-25-18)24-14-17-8-4-6-10-20(17)29-2/h3-10,13,15H,11-12,14H2,1-2H3,(H,23,27)(H,24,25,26). The van der Waals surface area contributed by atoms with Crippen LogP contribution in [0.25, 0.3) is 0 Å². The van der Waals surface area contributed by atoms with Crippen LogP contribution in [0.4, 0.5) is 5.82 Å². The Kier molecular flexibility index (Phi) is 7.00. The third kappa shape index (κ3) is 5.44. The van der Waals surface area contributed by atoms with Crippen molar-refractivity contribution in [3.8, 4) is 11.5 Å². The number of nitrogens with zero attached hydrogens (tertiary/aromatic N) is 2. The summed E-state index contributed by atoms with van der Waals surface area (Å²) in [7, 11) is 3.27. The van der Waals surface area contributed by atoms with Gasteiger partial charge in [0.05, 0.1) is 14.2 Å². The maximum Gasteiger partial charge on any atom is 0.270 e. The van der Waals surface area contributed by atoms with E-state index in [4.69, 9.17) is 9.47 Å². The number of methoxy groups -OCH3 is 2. The zero-order valence-corrected chi connectivity index (χ0v) is 16.5. The first-order valence-corrected chi connectivity index (χ1v) is 9.29. The number of nitrogens with one attached hydrogen (secondary N) is 2. The molecule has 0 aliphatic rings. The Morgan fingerprint density at radius 3 is 2.31 bits per heavy atom. The molecule has 0 saturated heterocycles. The Balaban J connectivity index is 1.56. The summed E-state index contributed by atoms with van der Waals surface area (Å²) in [6.07, 6.45) is 2.04. The van der Waals surface area contributed by atoms with Gasteiger partial charge in [0.15, 0.2) is 0 Å². The van der Waals surface area contributed by atoms with Crippen molar-refractivity contribution in [2.24, 2.45) is 0 Å². The van der Waals surface area contributed by atoms with Gasteiger partial charge in [0.1, 0.15) is 29.3 Å². The molecule has 0 radical (unpaired) electrons. The van der Waals surface area contributed by atoms with Crippen LogP contribution in [0.5, 0.6) is 11.5 Å². The van der Waals surface area contributed by atoms with Gasteiger partial charge in [0.25, 0.3) is 5.91 Å². The zero-order valence-electron chi connectivity index (χ0n) is 16.5. The molecule has 0 unspecified atom stereocenters. The van der Waals surface area contributed by atoms with Crippen LogP contribution in [0.15, 0.2) is 60.9 Å². The van der Waals surface area contributed by atoms with Crippen molar-refractivity contribution in [3.63, 3.8) is 0 Å². The summed E-state index contributed by atoms with van der Waals surface area (Å²) >= 11 is 0. The van der Waals surface area contributed by atoms with E-state index in [0.717, 1.165) is 22.6 Å². The largest absolute Gasteiger partial charge is 0.496 e. The SMILES string of the molecule is COc1ccccc1CCNC(=O)c1cc(NCc2ccccc2OC)ncn1. The van der Waals surface area contributed by atoms with Gasteiger partial charge in [-0.2, -0.15) is 0 Å². The number of carbonyl (C=O) groups excluding carboxylic acids is 1. The first-order valence-electron chi connectivity index (χ1n) is 9.29.